The van der Waals surface area contributed by atoms with Crippen molar-refractivity contribution in [2.75, 3.05) is 116 Å². The molecule has 0 aromatic heterocycles. The molecule has 19 nitrogen and oxygen atoms in total. The van der Waals surface area contributed by atoms with Crippen molar-refractivity contribution < 1.29 is 62.5 Å². The molecule has 0 aliphatic heterocycles. The highest BCUT2D eigenvalue weighted by molar-refractivity contribution is 5.89. The Morgan fingerprint density at radius 2 is 1.24 bits per heavy atom. The molecule has 0 radical (unpaired) electrons. The van der Waals surface area contributed by atoms with Crippen molar-refractivity contribution in [1.82, 2.24) is 10.6 Å². The summed E-state index contributed by atoms with van der Waals surface area (Å²) in [5.74, 6) is -0.968. The van der Waals surface area contributed by atoms with Crippen LogP contribution in [0.15, 0.2) is 18.2 Å². The smallest absolute Gasteiger partial charge is 0.411 e. The van der Waals surface area contributed by atoms with Crippen LogP contribution in [0.3, 0.4) is 0 Å². The number of aryl methyl sites for hydroxylation is 1. The molecule has 49 heavy (non-hydrogen) atoms. The molecule has 1 rings (SSSR count). The van der Waals surface area contributed by atoms with Crippen LogP contribution in [-0.2, 0) is 38.0 Å². The first-order valence-electron chi connectivity index (χ1n) is 15.8. The zero-order valence-electron chi connectivity index (χ0n) is 27.9. The molecule has 0 heterocycles. The van der Waals surface area contributed by atoms with Crippen LogP contribution in [0.1, 0.15) is 12.0 Å². The zero-order valence-corrected chi connectivity index (χ0v) is 27.9. The first-order valence-corrected chi connectivity index (χ1v) is 15.8. The molecular formula is C30H52N6O13. The quantitative estimate of drug-likeness (QED) is 0.0415. The van der Waals surface area contributed by atoms with Gasteiger partial charge in [-0.3, -0.25) is 15.4 Å². The van der Waals surface area contributed by atoms with Gasteiger partial charge in [-0.25, -0.2) is 14.4 Å². The molecule has 10 N–H and O–H groups in total. The Hall–Kier alpha value is -3.82. The fourth-order valence-corrected chi connectivity index (χ4v) is 3.58. The summed E-state index contributed by atoms with van der Waals surface area (Å²) in [4.78, 5) is 48.5. The van der Waals surface area contributed by atoms with Crippen LogP contribution >= 0.6 is 0 Å². The van der Waals surface area contributed by atoms with Gasteiger partial charge in [-0.15, -0.1) is 0 Å². The lowest BCUT2D eigenvalue weighted by molar-refractivity contribution is -0.123. The maximum absolute atomic E-state index is 12.4. The fourth-order valence-electron chi connectivity index (χ4n) is 3.58. The van der Waals surface area contributed by atoms with Crippen LogP contribution in [-0.4, -0.2) is 146 Å². The lowest BCUT2D eigenvalue weighted by atomic mass is 10.1. The summed E-state index contributed by atoms with van der Waals surface area (Å²) in [6, 6.07) is 4.67. The van der Waals surface area contributed by atoms with E-state index >= 15 is 0 Å². The van der Waals surface area contributed by atoms with E-state index in [1.807, 2.05) is 0 Å². The van der Waals surface area contributed by atoms with Crippen molar-refractivity contribution in [3.05, 3.63) is 23.8 Å². The van der Waals surface area contributed by atoms with Crippen LogP contribution in [0.2, 0.25) is 0 Å². The van der Waals surface area contributed by atoms with E-state index in [2.05, 4.69) is 21.3 Å². The molecule has 0 aliphatic rings. The minimum Gasteiger partial charge on any atom is -0.449 e. The molecule has 280 valence electrons. The van der Waals surface area contributed by atoms with Crippen LogP contribution in [0.5, 0.6) is 0 Å². The number of amides is 4. The third kappa shape index (κ3) is 23.2. The number of rotatable bonds is 27. The summed E-state index contributed by atoms with van der Waals surface area (Å²) in [6.07, 6.45) is -3.86. The number of carbonyl (C=O) groups excluding carboxylic acids is 4. The van der Waals surface area contributed by atoms with Gasteiger partial charge in [0, 0.05) is 56.5 Å². The minimum atomic E-state index is -1.28. The first kappa shape index (κ1) is 43.2. The van der Waals surface area contributed by atoms with E-state index in [4.69, 9.17) is 44.6 Å². The third-order valence-electron chi connectivity index (χ3n) is 6.07. The van der Waals surface area contributed by atoms with Gasteiger partial charge in [0.25, 0.3) is 0 Å². The number of benzene rings is 1. The summed E-state index contributed by atoms with van der Waals surface area (Å²) in [6.45, 7) is 4.46. The number of anilines is 2. The van der Waals surface area contributed by atoms with Gasteiger partial charge in [-0.05, 0) is 24.6 Å². The van der Waals surface area contributed by atoms with Crippen molar-refractivity contribution in [3.8, 4) is 0 Å². The van der Waals surface area contributed by atoms with E-state index in [9.17, 15) is 29.4 Å². The van der Waals surface area contributed by atoms with Gasteiger partial charge >= 0.3 is 18.3 Å². The molecule has 0 spiro atoms. The highest BCUT2D eigenvalue weighted by Crippen LogP contribution is 2.21. The van der Waals surface area contributed by atoms with Crippen LogP contribution < -0.4 is 32.7 Å². The van der Waals surface area contributed by atoms with E-state index < -0.39 is 43.5 Å². The molecule has 0 saturated heterocycles. The van der Waals surface area contributed by atoms with Gasteiger partial charge in [-0.1, -0.05) is 6.07 Å². The molecule has 1 aromatic rings. The van der Waals surface area contributed by atoms with E-state index in [0.717, 1.165) is 0 Å². The van der Waals surface area contributed by atoms with Crippen LogP contribution in [0.25, 0.3) is 0 Å². The second-order valence-corrected chi connectivity index (χ2v) is 10.3. The molecule has 0 saturated carbocycles. The largest absolute Gasteiger partial charge is 0.449 e. The fraction of sp³-hybridized carbons (Fsp3) is 0.667. The second-order valence-electron chi connectivity index (χ2n) is 10.3. The Morgan fingerprint density at radius 1 is 0.714 bits per heavy atom. The van der Waals surface area contributed by atoms with E-state index in [-0.39, 0.29) is 57.5 Å². The molecule has 2 unspecified atom stereocenters. The number of hydrogen-bond acceptors (Lipinski definition) is 15. The lowest BCUT2D eigenvalue weighted by Gasteiger charge is -2.16. The average molecular weight is 705 g/mol. The Balaban J connectivity index is 2.32. The SMILES string of the molecule is Cc1ccc(NC(=O)OCC(CO)CC(=O)NCCOCCOCCN)cc1NC(=O)OCC(O)COC(=O)NCCOCCOCCN. The van der Waals surface area contributed by atoms with Crippen molar-refractivity contribution in [3.63, 3.8) is 0 Å². The van der Waals surface area contributed by atoms with Gasteiger partial charge in [0.05, 0.1) is 59.5 Å². The van der Waals surface area contributed by atoms with Gasteiger partial charge in [0.2, 0.25) is 5.91 Å². The number of carbonyl (C=O) groups is 4. The maximum atomic E-state index is 12.4. The highest BCUT2D eigenvalue weighted by Gasteiger charge is 2.17. The molecule has 1 aromatic carbocycles. The van der Waals surface area contributed by atoms with Gasteiger partial charge in [0.1, 0.15) is 19.3 Å². The number of nitrogens with one attached hydrogen (secondary N) is 4. The number of hydrogen-bond donors (Lipinski definition) is 8. The Bertz CT molecular complexity index is 1080. The molecule has 0 bridgehead atoms. The van der Waals surface area contributed by atoms with E-state index in [1.165, 1.54) is 6.07 Å². The Kier molecular flexibility index (Phi) is 24.7. The highest BCUT2D eigenvalue weighted by atomic mass is 16.6. The number of alkyl carbamates (subject to hydrolysis) is 1. The summed E-state index contributed by atoms with van der Waals surface area (Å²) in [5.41, 5.74) is 11.8. The summed E-state index contributed by atoms with van der Waals surface area (Å²) in [7, 11) is 0. The molecular weight excluding hydrogens is 652 g/mol. The summed E-state index contributed by atoms with van der Waals surface area (Å²) < 4.78 is 35.9. The van der Waals surface area contributed by atoms with Gasteiger partial charge < -0.3 is 65.5 Å². The number of aliphatic hydroxyl groups excluding tert-OH is 2. The normalized spacial score (nSPS) is 12.0. The second kappa shape index (κ2) is 28.1. The van der Waals surface area contributed by atoms with Crippen molar-refractivity contribution in [2.45, 2.75) is 19.4 Å². The number of ether oxygens (including phenoxy) is 7. The Labute approximate surface area is 285 Å². The lowest BCUT2D eigenvalue weighted by Crippen LogP contribution is -2.32. The van der Waals surface area contributed by atoms with Crippen LogP contribution in [0.4, 0.5) is 25.8 Å². The van der Waals surface area contributed by atoms with Gasteiger partial charge in [-0.2, -0.15) is 0 Å². The summed E-state index contributed by atoms with van der Waals surface area (Å²) >= 11 is 0. The zero-order chi connectivity index (χ0) is 36.1. The number of aliphatic hydroxyl groups is 2. The van der Waals surface area contributed by atoms with Crippen LogP contribution in [0, 0.1) is 12.8 Å². The average Bonchev–Trinajstić information content (AvgIpc) is 3.08. The first-order chi connectivity index (χ1) is 23.7. The predicted molar refractivity (Wildman–Crippen MR) is 176 cm³/mol. The van der Waals surface area contributed by atoms with E-state index in [0.29, 0.717) is 64.0 Å². The third-order valence-corrected chi connectivity index (χ3v) is 6.07. The maximum Gasteiger partial charge on any atom is 0.411 e. The Morgan fingerprint density at radius 3 is 1.84 bits per heavy atom. The number of nitrogens with two attached hydrogens (primary N) is 2. The predicted octanol–water partition coefficient (Wildman–Crippen LogP) is -0.722. The monoisotopic (exact) mass is 704 g/mol. The topological polar surface area (TPSA) is 274 Å². The molecule has 0 fully saturated rings. The molecule has 19 heteroatoms. The molecule has 4 amide bonds. The van der Waals surface area contributed by atoms with Gasteiger partial charge in [0.15, 0.2) is 0 Å². The van der Waals surface area contributed by atoms with Crippen molar-refractivity contribution in [2.24, 2.45) is 17.4 Å². The standard InChI is InChI=1S/C30H52N6O13/c1-22-2-3-24(35-29(41)47-19-23(18-37)16-27(39)33-6-10-45-14-12-43-8-4-31)17-26(22)36-30(42)49-21-25(38)20-48-28(40)34-7-11-46-15-13-44-9-5-32/h2-3,17,23,25,37-38H,4-16,18-21,31-32H2,1H3,(H,33,39)(H,34,40)(H,35,41)(H,36,42). The molecule has 2 atom stereocenters. The van der Waals surface area contributed by atoms with Crippen molar-refractivity contribution >= 4 is 35.6 Å². The molecule has 0 aliphatic carbocycles. The van der Waals surface area contributed by atoms with E-state index in [1.54, 1.807) is 19.1 Å². The van der Waals surface area contributed by atoms with Crippen molar-refractivity contribution in [1.29, 1.82) is 0 Å². The summed E-state index contributed by atoms with van der Waals surface area (Å²) in [5, 5.41) is 29.7. The minimum absolute atomic E-state index is 0.0689.